The highest BCUT2D eigenvalue weighted by Gasteiger charge is 2.43. The Bertz CT molecular complexity index is 2360. The first-order valence-electron chi connectivity index (χ1n) is 20.8. The number of nitrogens with zero attached hydrogens (tertiary/aromatic N) is 4. The molecule has 21 nitrogen and oxygen atoms in total. The van der Waals surface area contributed by atoms with Crippen molar-refractivity contribution < 1.29 is 52.7 Å². The number of ether oxygens (including phenoxy) is 1. The third kappa shape index (κ3) is 12.7. The summed E-state index contributed by atoms with van der Waals surface area (Å²) < 4.78 is 9.94. The molecule has 2 aliphatic rings. The third-order valence-electron chi connectivity index (χ3n) is 10.8. The zero-order valence-electron chi connectivity index (χ0n) is 35.0. The number of carbonyl (C=O) groups excluding carboxylic acids is 7. The summed E-state index contributed by atoms with van der Waals surface area (Å²) >= 11 is 0. The second-order valence-corrected chi connectivity index (χ2v) is 18.1. The number of aromatic nitrogens is 4. The van der Waals surface area contributed by atoms with Gasteiger partial charge in [0.15, 0.2) is 6.20 Å². The van der Waals surface area contributed by atoms with Gasteiger partial charge in [0.1, 0.15) is 36.4 Å². The van der Waals surface area contributed by atoms with Crippen LogP contribution in [0.3, 0.4) is 0 Å². The van der Waals surface area contributed by atoms with Crippen molar-refractivity contribution in [2.75, 3.05) is 24.6 Å². The summed E-state index contributed by atoms with van der Waals surface area (Å²) in [6.45, 7) is 1.38. The average molecular weight is 923 g/mol. The largest absolute Gasteiger partial charge is 0.481 e. The lowest BCUT2D eigenvalue weighted by Crippen LogP contribution is -2.58. The lowest BCUT2D eigenvalue weighted by molar-refractivity contribution is -0.579. The standard InChI is InChI=1S/C41H51N11O10S2/c1-24-41(61)51-21-26(62-22-25-19-43-28-8-3-2-7-27(25)28)17-32(51)40(60)49-31(37(42)57)23-64-63-16-11-33(53)47-29(9-4-5-13-50-14-15-52-35(50)10-6-12-45-52)38(58)44-20-34(54)48-30(18-36(55)56)39(59)46-24/h2-3,6-8,10,12,14-15,19,24,26,29-32,43H,4-5,9,11,13,16-18,20-23H2,1H3,(H7-,42,44,46,47,48,49,53,54,55,56,57,58,59,60)/p+1/t24-,26?,29?,30?,31-,32-/m0/s1. The molecule has 3 aromatic heterocycles. The summed E-state index contributed by atoms with van der Waals surface area (Å²) in [7, 11) is 2.45. The van der Waals surface area contributed by atoms with Gasteiger partial charge in [0.05, 0.1) is 38.4 Å². The highest BCUT2D eigenvalue weighted by atomic mass is 33.1. The lowest BCUT2D eigenvalue weighted by atomic mass is 10.1. The molecule has 342 valence electrons. The second-order valence-electron chi connectivity index (χ2n) is 15.5. The van der Waals surface area contributed by atoms with Crippen LogP contribution in [0.2, 0.25) is 0 Å². The van der Waals surface area contributed by atoms with Gasteiger partial charge in [0, 0.05) is 59.6 Å². The van der Waals surface area contributed by atoms with E-state index in [0.29, 0.717) is 19.4 Å². The molecule has 5 heterocycles. The van der Waals surface area contributed by atoms with Crippen molar-refractivity contribution in [1.82, 2.24) is 46.1 Å². The number of carbonyl (C=O) groups is 8. The number of H-pyrrole nitrogens is 1. The Hall–Kier alpha value is -6.20. The van der Waals surface area contributed by atoms with Crippen molar-refractivity contribution in [3.63, 3.8) is 0 Å². The van der Waals surface area contributed by atoms with Gasteiger partial charge in [0.2, 0.25) is 41.4 Å². The Morgan fingerprint density at radius 3 is 2.55 bits per heavy atom. The average Bonchev–Trinajstić information content (AvgIpc) is 4.01. The van der Waals surface area contributed by atoms with E-state index < -0.39 is 96.6 Å². The number of rotatable bonds is 11. The van der Waals surface area contributed by atoms with Crippen LogP contribution in [0.15, 0.2) is 61.2 Å². The van der Waals surface area contributed by atoms with E-state index in [1.807, 2.05) is 53.4 Å². The minimum atomic E-state index is -1.66. The fraction of sp³-hybridized carbons (Fsp3) is 0.463. The van der Waals surface area contributed by atoms with Gasteiger partial charge in [0.25, 0.3) is 0 Å². The molecule has 0 radical (unpaired) electrons. The van der Waals surface area contributed by atoms with E-state index in [2.05, 4.69) is 36.7 Å². The summed E-state index contributed by atoms with van der Waals surface area (Å²) in [5.74, 6) is -6.38. The van der Waals surface area contributed by atoms with Gasteiger partial charge in [-0.2, -0.15) is 0 Å². The van der Waals surface area contributed by atoms with Crippen molar-refractivity contribution in [2.45, 2.75) is 94.9 Å². The SMILES string of the molecule is C[C@@H]1NC(=O)C(CC(=O)O)NC(=O)CNC(=O)C(CCCCn2cc[n+]3ncccc23)NC(=O)CCSSC[C@@H](C(N)=O)NC(=O)[C@@H]2CC(OCc3c[nH]c4ccccc34)CN2C1=O. The van der Waals surface area contributed by atoms with E-state index in [0.717, 1.165) is 22.1 Å². The van der Waals surface area contributed by atoms with E-state index in [4.69, 9.17) is 10.5 Å². The van der Waals surface area contributed by atoms with E-state index in [1.165, 1.54) is 33.4 Å². The molecule has 4 aromatic rings. The Kier molecular flexibility index (Phi) is 16.6. The molecule has 6 rings (SSSR count). The molecule has 3 unspecified atom stereocenters. The van der Waals surface area contributed by atoms with Gasteiger partial charge >= 0.3 is 11.6 Å². The van der Waals surface area contributed by atoms with Crippen molar-refractivity contribution in [2.24, 2.45) is 5.73 Å². The molecule has 2 fully saturated rings. The number of carboxylic acids is 1. The number of nitrogens with one attached hydrogen (secondary N) is 6. The number of amides is 7. The van der Waals surface area contributed by atoms with Gasteiger partial charge in [-0.05, 0) is 38.3 Å². The first kappa shape index (κ1) is 47.3. The molecule has 7 amide bonds. The molecule has 9 N–H and O–H groups in total. The van der Waals surface area contributed by atoms with Crippen LogP contribution in [0.4, 0.5) is 0 Å². The molecule has 1 aromatic carbocycles. The number of unbranched alkanes of at least 4 members (excludes halogenated alkanes) is 1. The smallest absolute Gasteiger partial charge is 0.307 e. The Morgan fingerprint density at radius 1 is 0.953 bits per heavy atom. The van der Waals surface area contributed by atoms with Crippen LogP contribution >= 0.6 is 21.6 Å². The second kappa shape index (κ2) is 22.4. The molecule has 6 atom stereocenters. The first-order chi connectivity index (χ1) is 30.8. The summed E-state index contributed by atoms with van der Waals surface area (Å²) in [6, 6.07) is 5.03. The number of benzene rings is 1. The van der Waals surface area contributed by atoms with E-state index >= 15 is 0 Å². The lowest BCUT2D eigenvalue weighted by Gasteiger charge is -2.28. The zero-order chi connectivity index (χ0) is 45.8. The number of primary amides is 1. The van der Waals surface area contributed by atoms with Crippen molar-refractivity contribution in [1.29, 1.82) is 0 Å². The fourth-order valence-electron chi connectivity index (χ4n) is 7.48. The van der Waals surface area contributed by atoms with Crippen LogP contribution in [-0.4, -0.2) is 133 Å². The van der Waals surface area contributed by atoms with Gasteiger partial charge in [-0.1, -0.05) is 44.9 Å². The van der Waals surface area contributed by atoms with Gasteiger partial charge in [-0.25, -0.2) is 4.57 Å². The van der Waals surface area contributed by atoms with E-state index in [-0.39, 0.29) is 43.9 Å². The van der Waals surface area contributed by atoms with Crippen LogP contribution in [0, 0.1) is 0 Å². The molecule has 0 saturated carbocycles. The van der Waals surface area contributed by atoms with Crippen LogP contribution in [0.5, 0.6) is 0 Å². The minimum Gasteiger partial charge on any atom is -0.481 e. The number of fused-ring (bicyclic) bond motifs is 3. The van der Waals surface area contributed by atoms with Crippen LogP contribution in [-0.2, 0) is 56.2 Å². The molecular formula is C41H52N11O10S2+. The number of nitrogens with two attached hydrogens (primary N) is 1. The number of carboxylic acid groups (broad SMARTS) is 1. The number of hydrogen-bond donors (Lipinski definition) is 8. The maximum Gasteiger partial charge on any atom is 0.307 e. The quantitative estimate of drug-likeness (QED) is 0.0525. The fourth-order valence-corrected chi connectivity index (χ4v) is 9.64. The number of aliphatic carboxylic acids is 1. The van der Waals surface area contributed by atoms with Crippen molar-refractivity contribution >= 4 is 85.5 Å². The molecule has 23 heteroatoms. The first-order valence-corrected chi connectivity index (χ1v) is 23.3. The van der Waals surface area contributed by atoms with Gasteiger partial charge in [-0.3, -0.25) is 38.4 Å². The molecule has 2 aliphatic heterocycles. The third-order valence-corrected chi connectivity index (χ3v) is 13.2. The number of para-hydroxylation sites is 1. The van der Waals surface area contributed by atoms with Crippen LogP contribution in [0.25, 0.3) is 16.6 Å². The summed E-state index contributed by atoms with van der Waals surface area (Å²) in [4.78, 5) is 110. The van der Waals surface area contributed by atoms with Crippen LogP contribution < -0.4 is 36.8 Å². The van der Waals surface area contributed by atoms with Gasteiger partial charge in [-0.15, -0.1) is 4.52 Å². The van der Waals surface area contributed by atoms with Gasteiger partial charge < -0.3 is 52.0 Å². The zero-order valence-corrected chi connectivity index (χ0v) is 36.7. The predicted molar refractivity (Wildman–Crippen MR) is 234 cm³/mol. The normalized spacial score (nSPS) is 23.7. The highest BCUT2D eigenvalue weighted by molar-refractivity contribution is 8.76. The topological polar surface area (TPSA) is 293 Å². The Balaban J connectivity index is 1.15. The molecule has 0 bridgehead atoms. The minimum absolute atomic E-state index is 0.0155. The molecule has 2 saturated heterocycles. The van der Waals surface area contributed by atoms with E-state index in [9.17, 15) is 43.5 Å². The van der Waals surface area contributed by atoms with Crippen molar-refractivity contribution in [3.05, 3.63) is 66.7 Å². The predicted octanol–water partition coefficient (Wildman–Crippen LogP) is -0.720. The maximum absolute atomic E-state index is 14.0. The molecule has 64 heavy (non-hydrogen) atoms. The Morgan fingerprint density at radius 2 is 1.75 bits per heavy atom. The monoisotopic (exact) mass is 922 g/mol. The maximum atomic E-state index is 14.0. The number of aryl methyl sites for hydroxylation is 1. The summed E-state index contributed by atoms with van der Waals surface area (Å²) in [5.41, 5.74) is 8.32. The number of aromatic amines is 1. The van der Waals surface area contributed by atoms with Crippen LogP contribution in [0.1, 0.15) is 51.0 Å². The van der Waals surface area contributed by atoms with Crippen molar-refractivity contribution in [3.8, 4) is 0 Å². The molecular weight excluding hydrogens is 871 g/mol. The molecule has 0 spiro atoms. The molecule has 0 aliphatic carbocycles. The van der Waals surface area contributed by atoms with E-state index in [1.54, 1.807) is 16.9 Å². The summed E-state index contributed by atoms with van der Waals surface area (Å²) in [6.07, 6.45) is 7.06. The summed E-state index contributed by atoms with van der Waals surface area (Å²) in [5, 5.41) is 27.5. The number of imidazole rings is 1. The Labute approximate surface area is 375 Å². The number of hydrogen-bond acceptors (Lipinski definition) is 12. The highest BCUT2D eigenvalue weighted by Crippen LogP contribution is 2.27.